The van der Waals surface area contributed by atoms with Crippen molar-refractivity contribution in [2.75, 3.05) is 21.3 Å². The summed E-state index contributed by atoms with van der Waals surface area (Å²) in [7, 11) is -0.246. The molecule has 0 spiro atoms. The molecule has 6 heteroatoms. The van der Waals surface area contributed by atoms with Gasteiger partial charge in [-0.3, -0.25) is 0 Å². The molecule has 0 rings (SSSR count). The zero-order valence-electron chi connectivity index (χ0n) is 8.92. The molecule has 0 fully saturated rings. The second-order valence-electron chi connectivity index (χ2n) is 3.02. The summed E-state index contributed by atoms with van der Waals surface area (Å²) < 4.78 is 21.1. The van der Waals surface area contributed by atoms with Crippen LogP contribution in [0.1, 0.15) is 0 Å². The third-order valence-electron chi connectivity index (χ3n) is 1.63. The van der Waals surface area contributed by atoms with Crippen molar-refractivity contribution in [3.05, 3.63) is 12.3 Å². The molecule has 0 radical (unpaired) electrons. The Morgan fingerprint density at radius 1 is 1.00 bits per heavy atom. The van der Waals surface area contributed by atoms with Gasteiger partial charge in [-0.2, -0.15) is 0 Å². The van der Waals surface area contributed by atoms with Crippen LogP contribution in [0.2, 0.25) is 13.1 Å². The van der Waals surface area contributed by atoms with Crippen molar-refractivity contribution in [1.82, 2.24) is 0 Å². The molecule has 0 aromatic heterocycles. The van der Waals surface area contributed by atoms with Crippen LogP contribution in [-0.4, -0.2) is 38.7 Å². The highest BCUT2D eigenvalue weighted by molar-refractivity contribution is 6.82. The summed E-state index contributed by atoms with van der Waals surface area (Å²) in [6.07, 6.45) is 0. The molecule has 0 aliphatic heterocycles. The maximum atomic E-state index is 5.72. The van der Waals surface area contributed by atoms with Crippen LogP contribution in [0.4, 0.5) is 0 Å². The minimum absolute atomic E-state index is 1.52. The highest BCUT2D eigenvalue weighted by atomic mass is 28.5. The predicted molar refractivity (Wildman–Crippen MR) is 55.5 cm³/mol. The van der Waals surface area contributed by atoms with E-state index < -0.39 is 17.4 Å². The standard InChI is InChI=1S/C7H18O4Si2/c1-7-12(5,6)11-13(8-2,9-3)10-4/h7H,1H2,2-6H3. The molecular formula is C7H18O4Si2. The van der Waals surface area contributed by atoms with Crippen molar-refractivity contribution in [2.45, 2.75) is 13.1 Å². The monoisotopic (exact) mass is 222 g/mol. The van der Waals surface area contributed by atoms with E-state index in [4.69, 9.17) is 17.4 Å². The molecule has 0 saturated carbocycles. The highest BCUT2D eigenvalue weighted by Gasteiger charge is 2.46. The lowest BCUT2D eigenvalue weighted by Gasteiger charge is -2.30. The molecule has 0 aromatic rings. The van der Waals surface area contributed by atoms with Crippen molar-refractivity contribution < 1.29 is 17.4 Å². The van der Waals surface area contributed by atoms with Crippen molar-refractivity contribution in [3.8, 4) is 0 Å². The Labute approximate surface area is 82.1 Å². The summed E-state index contributed by atoms with van der Waals surface area (Å²) in [5.74, 6) is 0. The number of hydrogen-bond donors (Lipinski definition) is 0. The smallest absolute Gasteiger partial charge is 0.390 e. The van der Waals surface area contributed by atoms with E-state index in [0.717, 1.165) is 0 Å². The van der Waals surface area contributed by atoms with E-state index in [0.29, 0.717) is 0 Å². The van der Waals surface area contributed by atoms with E-state index in [1.807, 2.05) is 18.8 Å². The van der Waals surface area contributed by atoms with Crippen LogP contribution >= 0.6 is 0 Å². The van der Waals surface area contributed by atoms with E-state index in [2.05, 4.69) is 6.58 Å². The van der Waals surface area contributed by atoms with E-state index in [9.17, 15) is 0 Å². The quantitative estimate of drug-likeness (QED) is 0.635. The molecule has 13 heavy (non-hydrogen) atoms. The van der Waals surface area contributed by atoms with Gasteiger partial charge in [-0.15, -0.1) is 6.58 Å². The molecule has 78 valence electrons. The molecular weight excluding hydrogens is 204 g/mol. The fraction of sp³-hybridized carbons (Fsp3) is 0.714. The molecule has 0 aromatic carbocycles. The molecule has 0 aliphatic rings. The number of hydrogen-bond acceptors (Lipinski definition) is 4. The van der Waals surface area contributed by atoms with Gasteiger partial charge in [0.05, 0.1) is 0 Å². The van der Waals surface area contributed by atoms with Gasteiger partial charge in [0.1, 0.15) is 0 Å². The second kappa shape index (κ2) is 5.03. The molecule has 0 amide bonds. The fourth-order valence-corrected chi connectivity index (χ4v) is 5.15. The zero-order valence-corrected chi connectivity index (χ0v) is 10.9. The fourth-order valence-electron chi connectivity index (χ4n) is 0.739. The van der Waals surface area contributed by atoms with Gasteiger partial charge in [-0.25, -0.2) is 0 Å². The SMILES string of the molecule is C=C[Si](C)(C)O[Si](OC)(OC)OC. The first-order valence-electron chi connectivity index (χ1n) is 3.94. The normalized spacial score (nSPS) is 13.0. The van der Waals surface area contributed by atoms with Crippen LogP contribution in [0.3, 0.4) is 0 Å². The van der Waals surface area contributed by atoms with Gasteiger partial charge in [0.15, 0.2) is 0 Å². The number of rotatable bonds is 6. The topological polar surface area (TPSA) is 36.9 Å². The van der Waals surface area contributed by atoms with Crippen molar-refractivity contribution in [3.63, 3.8) is 0 Å². The lowest BCUT2D eigenvalue weighted by molar-refractivity contribution is 0.0490. The van der Waals surface area contributed by atoms with Gasteiger partial charge >= 0.3 is 9.05 Å². The van der Waals surface area contributed by atoms with Gasteiger partial charge in [-0.05, 0) is 13.1 Å². The Morgan fingerprint density at radius 2 is 1.38 bits per heavy atom. The average molecular weight is 222 g/mol. The van der Waals surface area contributed by atoms with Crippen LogP contribution in [0.25, 0.3) is 0 Å². The van der Waals surface area contributed by atoms with Crippen LogP contribution < -0.4 is 0 Å². The van der Waals surface area contributed by atoms with Crippen molar-refractivity contribution in [1.29, 1.82) is 0 Å². The predicted octanol–water partition coefficient (Wildman–Crippen LogP) is 1.31. The molecule has 0 unspecified atom stereocenters. The lowest BCUT2D eigenvalue weighted by Crippen LogP contribution is -2.53. The van der Waals surface area contributed by atoms with Crippen LogP contribution in [0.15, 0.2) is 12.3 Å². The molecule has 0 N–H and O–H groups in total. The molecule has 4 nitrogen and oxygen atoms in total. The Bertz CT molecular complexity index is 160. The van der Waals surface area contributed by atoms with Gasteiger partial charge in [0.2, 0.25) is 8.32 Å². The summed E-state index contributed by atoms with van der Waals surface area (Å²) in [5, 5.41) is 0. The first-order chi connectivity index (χ1) is 5.95. The highest BCUT2D eigenvalue weighted by Crippen LogP contribution is 2.16. The van der Waals surface area contributed by atoms with Gasteiger partial charge in [0, 0.05) is 21.3 Å². The third-order valence-corrected chi connectivity index (χ3v) is 7.22. The lowest BCUT2D eigenvalue weighted by atomic mass is 11.3. The van der Waals surface area contributed by atoms with E-state index in [1.165, 1.54) is 21.3 Å². The Kier molecular flexibility index (Phi) is 5.04. The molecule has 0 saturated heterocycles. The summed E-state index contributed by atoms with van der Waals surface area (Å²) in [6, 6.07) is 0. The first-order valence-corrected chi connectivity index (χ1v) is 8.56. The minimum atomic E-state index is -2.88. The van der Waals surface area contributed by atoms with Gasteiger partial charge in [0.25, 0.3) is 0 Å². The van der Waals surface area contributed by atoms with Crippen LogP contribution in [-0.2, 0) is 17.4 Å². The Hall–Kier alpha value is 0.0138. The Morgan fingerprint density at radius 3 is 1.62 bits per heavy atom. The summed E-state index contributed by atoms with van der Waals surface area (Å²) in [5.41, 5.74) is 1.81. The van der Waals surface area contributed by atoms with Gasteiger partial charge < -0.3 is 17.4 Å². The van der Waals surface area contributed by atoms with Crippen molar-refractivity contribution >= 4 is 17.4 Å². The average Bonchev–Trinajstić information content (AvgIpc) is 2.14. The van der Waals surface area contributed by atoms with Crippen LogP contribution in [0, 0.1) is 0 Å². The maximum Gasteiger partial charge on any atom is 0.668 e. The van der Waals surface area contributed by atoms with Crippen molar-refractivity contribution in [2.24, 2.45) is 0 Å². The minimum Gasteiger partial charge on any atom is -0.390 e. The van der Waals surface area contributed by atoms with E-state index in [-0.39, 0.29) is 0 Å². The van der Waals surface area contributed by atoms with Gasteiger partial charge in [-0.1, -0.05) is 5.70 Å². The zero-order chi connectivity index (χ0) is 10.5. The molecule has 0 bridgehead atoms. The summed E-state index contributed by atoms with van der Waals surface area (Å²) >= 11 is 0. The second-order valence-corrected chi connectivity index (χ2v) is 9.68. The van der Waals surface area contributed by atoms with E-state index in [1.54, 1.807) is 0 Å². The summed E-state index contributed by atoms with van der Waals surface area (Å²) in [4.78, 5) is 0. The molecule has 0 aliphatic carbocycles. The Balaban J connectivity index is 4.50. The first kappa shape index (κ1) is 13.0. The molecule has 0 atom stereocenters. The third kappa shape index (κ3) is 3.71. The maximum absolute atomic E-state index is 5.72. The largest absolute Gasteiger partial charge is 0.668 e. The van der Waals surface area contributed by atoms with Crippen LogP contribution in [0.5, 0.6) is 0 Å². The van der Waals surface area contributed by atoms with E-state index >= 15 is 0 Å². The summed E-state index contributed by atoms with van der Waals surface area (Å²) in [6.45, 7) is 7.71. The molecule has 0 heterocycles.